The zero-order valence-corrected chi connectivity index (χ0v) is 10.8. The zero-order chi connectivity index (χ0) is 10.7. The maximum atomic E-state index is 5.89. The van der Waals surface area contributed by atoms with Gasteiger partial charge in [-0.1, -0.05) is 0 Å². The number of halogens is 1. The van der Waals surface area contributed by atoms with Gasteiger partial charge in [-0.05, 0) is 22.0 Å². The second-order valence-electron chi connectivity index (χ2n) is 3.82. The van der Waals surface area contributed by atoms with E-state index in [1.54, 1.807) is 11.3 Å². The lowest BCUT2D eigenvalue weighted by molar-refractivity contribution is 0.184. The van der Waals surface area contributed by atoms with Crippen LogP contribution in [0.5, 0.6) is 0 Å². The fourth-order valence-electron chi connectivity index (χ4n) is 1.65. The van der Waals surface area contributed by atoms with Crippen LogP contribution in [0.4, 0.5) is 0 Å². The Hall–Kier alpha value is 0.0600. The molecule has 0 radical (unpaired) electrons. The molecule has 84 valence electrons. The van der Waals surface area contributed by atoms with E-state index < -0.39 is 0 Å². The largest absolute Gasteiger partial charge is 0.379 e. The molecule has 0 amide bonds. The van der Waals surface area contributed by atoms with E-state index in [1.165, 1.54) is 4.88 Å². The van der Waals surface area contributed by atoms with Gasteiger partial charge in [-0.3, -0.25) is 0 Å². The van der Waals surface area contributed by atoms with Gasteiger partial charge in [0.2, 0.25) is 0 Å². The molecule has 1 aromatic heterocycles. The van der Waals surface area contributed by atoms with Crippen molar-refractivity contribution in [1.82, 2.24) is 5.32 Å². The van der Waals surface area contributed by atoms with E-state index in [0.717, 1.165) is 24.2 Å². The molecule has 2 heterocycles. The summed E-state index contributed by atoms with van der Waals surface area (Å²) in [4.78, 5) is 1.34. The monoisotopic (exact) mass is 290 g/mol. The van der Waals surface area contributed by atoms with Gasteiger partial charge in [-0.15, -0.1) is 11.3 Å². The standard InChI is InChI=1S/C10H15BrN2OS/c11-8-1-9(15-6-8)3-13-2-7-4-14-5-10(7)12/h1,6-7,10,13H,2-5,12H2. The molecule has 3 N–H and O–H groups in total. The van der Waals surface area contributed by atoms with Gasteiger partial charge < -0.3 is 15.8 Å². The minimum atomic E-state index is 0.201. The Kier molecular flexibility index (Phi) is 4.16. The van der Waals surface area contributed by atoms with Gasteiger partial charge in [0.05, 0.1) is 13.2 Å². The molecule has 0 saturated carbocycles. The number of hydrogen-bond donors (Lipinski definition) is 2. The van der Waals surface area contributed by atoms with E-state index in [4.69, 9.17) is 10.5 Å². The molecular weight excluding hydrogens is 276 g/mol. The van der Waals surface area contributed by atoms with E-state index in [0.29, 0.717) is 12.5 Å². The fraction of sp³-hybridized carbons (Fsp3) is 0.600. The molecule has 0 aliphatic carbocycles. The minimum Gasteiger partial charge on any atom is -0.379 e. The van der Waals surface area contributed by atoms with Gasteiger partial charge in [0, 0.05) is 39.8 Å². The molecule has 1 aliphatic heterocycles. The van der Waals surface area contributed by atoms with Crippen molar-refractivity contribution >= 4 is 27.3 Å². The van der Waals surface area contributed by atoms with Crippen molar-refractivity contribution in [3.05, 3.63) is 20.8 Å². The molecule has 5 heteroatoms. The zero-order valence-electron chi connectivity index (χ0n) is 8.41. The first-order valence-corrected chi connectivity index (χ1v) is 6.70. The van der Waals surface area contributed by atoms with Crippen molar-refractivity contribution < 1.29 is 4.74 Å². The highest BCUT2D eigenvalue weighted by molar-refractivity contribution is 9.10. The summed E-state index contributed by atoms with van der Waals surface area (Å²) >= 11 is 5.20. The van der Waals surface area contributed by atoms with Gasteiger partial charge in [0.1, 0.15) is 0 Å². The van der Waals surface area contributed by atoms with Crippen molar-refractivity contribution in [3.8, 4) is 0 Å². The second-order valence-corrected chi connectivity index (χ2v) is 5.73. The number of rotatable bonds is 4. The van der Waals surface area contributed by atoms with E-state index >= 15 is 0 Å². The summed E-state index contributed by atoms with van der Waals surface area (Å²) in [6.45, 7) is 3.36. The van der Waals surface area contributed by atoms with Crippen LogP contribution in [0.3, 0.4) is 0 Å². The minimum absolute atomic E-state index is 0.201. The van der Waals surface area contributed by atoms with Crippen molar-refractivity contribution in [2.45, 2.75) is 12.6 Å². The predicted molar refractivity (Wildman–Crippen MR) is 66.0 cm³/mol. The Labute approximate surface area is 102 Å². The Morgan fingerprint density at radius 2 is 2.47 bits per heavy atom. The Bertz CT molecular complexity index is 318. The van der Waals surface area contributed by atoms with Gasteiger partial charge in [0.25, 0.3) is 0 Å². The topological polar surface area (TPSA) is 47.3 Å². The van der Waals surface area contributed by atoms with Crippen LogP contribution in [-0.4, -0.2) is 25.8 Å². The van der Waals surface area contributed by atoms with Crippen LogP contribution in [0.25, 0.3) is 0 Å². The second kappa shape index (κ2) is 5.41. The van der Waals surface area contributed by atoms with E-state index in [2.05, 4.69) is 32.7 Å². The van der Waals surface area contributed by atoms with Crippen molar-refractivity contribution in [1.29, 1.82) is 0 Å². The highest BCUT2D eigenvalue weighted by Crippen LogP contribution is 2.19. The Balaban J connectivity index is 1.70. The Morgan fingerprint density at radius 1 is 1.60 bits per heavy atom. The number of ether oxygens (including phenoxy) is 1. The lowest BCUT2D eigenvalue weighted by Crippen LogP contribution is -2.35. The van der Waals surface area contributed by atoms with Crippen LogP contribution in [0.2, 0.25) is 0 Å². The van der Waals surface area contributed by atoms with Crippen LogP contribution in [0.1, 0.15) is 4.88 Å². The quantitative estimate of drug-likeness (QED) is 0.885. The molecule has 1 fully saturated rings. The molecule has 0 aromatic carbocycles. The fourth-order valence-corrected chi connectivity index (χ4v) is 3.07. The lowest BCUT2D eigenvalue weighted by atomic mass is 10.1. The van der Waals surface area contributed by atoms with Gasteiger partial charge in [-0.2, -0.15) is 0 Å². The van der Waals surface area contributed by atoms with E-state index in [1.807, 2.05) is 0 Å². The summed E-state index contributed by atoms with van der Waals surface area (Å²) in [6, 6.07) is 2.34. The number of hydrogen-bond acceptors (Lipinski definition) is 4. The SMILES string of the molecule is NC1COCC1CNCc1cc(Br)cs1. The number of thiophene rings is 1. The predicted octanol–water partition coefficient (Wildman–Crippen LogP) is 1.57. The number of nitrogens with one attached hydrogen (secondary N) is 1. The van der Waals surface area contributed by atoms with Crippen LogP contribution in [-0.2, 0) is 11.3 Å². The van der Waals surface area contributed by atoms with E-state index in [-0.39, 0.29) is 6.04 Å². The third-order valence-corrected chi connectivity index (χ3v) is 4.27. The molecule has 2 atom stereocenters. The third-order valence-electron chi connectivity index (χ3n) is 2.58. The van der Waals surface area contributed by atoms with Gasteiger partial charge >= 0.3 is 0 Å². The van der Waals surface area contributed by atoms with Crippen LogP contribution >= 0.6 is 27.3 Å². The van der Waals surface area contributed by atoms with Crippen LogP contribution < -0.4 is 11.1 Å². The molecule has 1 aromatic rings. The summed E-state index contributed by atoms with van der Waals surface area (Å²) in [6.07, 6.45) is 0. The summed E-state index contributed by atoms with van der Waals surface area (Å²) in [5.74, 6) is 0.466. The summed E-state index contributed by atoms with van der Waals surface area (Å²) in [5, 5.41) is 5.52. The first-order chi connectivity index (χ1) is 7.25. The van der Waals surface area contributed by atoms with Crippen LogP contribution in [0, 0.1) is 5.92 Å². The first kappa shape index (κ1) is 11.5. The molecule has 15 heavy (non-hydrogen) atoms. The summed E-state index contributed by atoms with van der Waals surface area (Å²) < 4.78 is 6.46. The highest BCUT2D eigenvalue weighted by atomic mass is 79.9. The molecule has 0 spiro atoms. The summed E-state index contributed by atoms with van der Waals surface area (Å²) in [7, 11) is 0. The van der Waals surface area contributed by atoms with Crippen LogP contribution in [0.15, 0.2) is 15.9 Å². The smallest absolute Gasteiger partial charge is 0.0621 e. The molecular formula is C10H15BrN2OS. The maximum Gasteiger partial charge on any atom is 0.0621 e. The van der Waals surface area contributed by atoms with Crippen molar-refractivity contribution in [2.24, 2.45) is 11.7 Å². The summed E-state index contributed by atoms with van der Waals surface area (Å²) in [5.41, 5.74) is 5.89. The molecule has 1 saturated heterocycles. The maximum absolute atomic E-state index is 5.89. The molecule has 1 aliphatic rings. The average Bonchev–Trinajstić information content (AvgIpc) is 2.77. The molecule has 2 unspecified atom stereocenters. The highest BCUT2D eigenvalue weighted by Gasteiger charge is 2.23. The average molecular weight is 291 g/mol. The third kappa shape index (κ3) is 3.26. The van der Waals surface area contributed by atoms with E-state index in [9.17, 15) is 0 Å². The molecule has 2 rings (SSSR count). The molecule has 0 bridgehead atoms. The lowest BCUT2D eigenvalue weighted by Gasteiger charge is -2.13. The van der Waals surface area contributed by atoms with Crippen molar-refractivity contribution in [3.63, 3.8) is 0 Å². The van der Waals surface area contributed by atoms with Gasteiger partial charge in [0.15, 0.2) is 0 Å². The van der Waals surface area contributed by atoms with Gasteiger partial charge in [-0.25, -0.2) is 0 Å². The normalized spacial score (nSPS) is 26.0. The number of nitrogens with two attached hydrogens (primary N) is 1. The first-order valence-electron chi connectivity index (χ1n) is 5.02. The Morgan fingerprint density at radius 3 is 3.07 bits per heavy atom. The molecule has 3 nitrogen and oxygen atoms in total. The van der Waals surface area contributed by atoms with Crippen molar-refractivity contribution in [2.75, 3.05) is 19.8 Å².